The molecule has 0 amide bonds. The first-order valence-corrected chi connectivity index (χ1v) is 6.76. The Morgan fingerprint density at radius 1 is 1.44 bits per heavy atom. The zero-order valence-electron chi connectivity index (χ0n) is 8.15. The Bertz CT molecular complexity index is 534. The normalized spacial score (nSPS) is 29.5. The van der Waals surface area contributed by atoms with Gasteiger partial charge in [-0.1, -0.05) is 29.6 Å². The molecule has 2 atom stereocenters. The summed E-state index contributed by atoms with van der Waals surface area (Å²) in [5.74, 6) is 0. The Morgan fingerprint density at radius 2 is 2.19 bits per heavy atom. The van der Waals surface area contributed by atoms with Gasteiger partial charge < -0.3 is 11.5 Å². The summed E-state index contributed by atoms with van der Waals surface area (Å²) >= 11 is 0.920. The lowest BCUT2D eigenvalue weighted by atomic mass is 10.0. The molecule has 1 aromatic heterocycles. The van der Waals surface area contributed by atoms with Crippen molar-refractivity contribution in [3.05, 3.63) is 29.8 Å². The first kappa shape index (κ1) is 11.4. The minimum atomic E-state index is -3.81. The van der Waals surface area contributed by atoms with E-state index < -0.39 is 20.8 Å². The van der Waals surface area contributed by atoms with Gasteiger partial charge in [0.15, 0.2) is 4.87 Å². The second-order valence-corrected chi connectivity index (χ2v) is 6.52. The molecule has 1 heterocycles. The van der Waals surface area contributed by atoms with Crippen LogP contribution in [0.3, 0.4) is 0 Å². The van der Waals surface area contributed by atoms with E-state index in [9.17, 15) is 8.42 Å². The lowest BCUT2D eigenvalue weighted by Crippen LogP contribution is -2.59. The van der Waals surface area contributed by atoms with Gasteiger partial charge in [-0.15, -0.1) is 10.2 Å². The summed E-state index contributed by atoms with van der Waals surface area (Å²) in [6, 6.07) is -0.800. The first-order chi connectivity index (χ1) is 7.48. The third-order valence-corrected chi connectivity index (χ3v) is 5.65. The van der Waals surface area contributed by atoms with Crippen LogP contribution in [0.4, 0.5) is 0 Å². The molecule has 0 saturated carbocycles. The Balaban J connectivity index is 2.53. The molecule has 0 spiro atoms. The van der Waals surface area contributed by atoms with Crippen molar-refractivity contribution in [2.45, 2.75) is 15.3 Å². The number of nitrogens with two attached hydrogens (primary N) is 2. The number of sulfone groups is 1. The van der Waals surface area contributed by atoms with E-state index in [1.165, 1.54) is 11.6 Å². The van der Waals surface area contributed by atoms with Gasteiger partial charge in [-0.2, -0.15) is 0 Å². The standard InChI is InChI=1S/C8H10N4O2S2/c9-6-3-1-2-4-8(6,10)16(13,14)7-12-11-5-15-7/h1-6H,9-10H2. The van der Waals surface area contributed by atoms with Crippen LogP contribution in [0.2, 0.25) is 0 Å². The number of nitrogens with zero attached hydrogens (tertiary/aromatic N) is 2. The van der Waals surface area contributed by atoms with Crippen molar-refractivity contribution in [1.82, 2.24) is 10.2 Å². The summed E-state index contributed by atoms with van der Waals surface area (Å²) in [6.07, 6.45) is 6.13. The van der Waals surface area contributed by atoms with Gasteiger partial charge in [-0.25, -0.2) is 8.42 Å². The molecule has 2 unspecified atom stereocenters. The smallest absolute Gasteiger partial charge is 0.234 e. The van der Waals surface area contributed by atoms with Crippen LogP contribution in [-0.2, 0) is 9.84 Å². The van der Waals surface area contributed by atoms with E-state index in [0.717, 1.165) is 11.3 Å². The van der Waals surface area contributed by atoms with E-state index >= 15 is 0 Å². The van der Waals surface area contributed by atoms with Crippen molar-refractivity contribution in [3.63, 3.8) is 0 Å². The van der Waals surface area contributed by atoms with E-state index in [4.69, 9.17) is 11.5 Å². The summed E-state index contributed by atoms with van der Waals surface area (Å²) in [7, 11) is -3.81. The maximum Gasteiger partial charge on any atom is 0.234 e. The third kappa shape index (κ3) is 1.50. The lowest BCUT2D eigenvalue weighted by Gasteiger charge is -2.30. The number of aromatic nitrogens is 2. The Kier molecular flexibility index (Phi) is 2.66. The van der Waals surface area contributed by atoms with Crippen LogP contribution in [0.25, 0.3) is 0 Å². The maximum atomic E-state index is 12.2. The van der Waals surface area contributed by atoms with Gasteiger partial charge in [0.1, 0.15) is 5.51 Å². The second-order valence-electron chi connectivity index (χ2n) is 3.33. The van der Waals surface area contributed by atoms with Crippen LogP contribution < -0.4 is 11.5 Å². The quantitative estimate of drug-likeness (QED) is 0.734. The minimum Gasteiger partial charge on any atom is -0.322 e. The Hall–Kier alpha value is -1.09. The first-order valence-electron chi connectivity index (χ1n) is 4.40. The molecule has 8 heteroatoms. The highest BCUT2D eigenvalue weighted by atomic mass is 32.2. The highest BCUT2D eigenvalue weighted by Crippen LogP contribution is 2.28. The van der Waals surface area contributed by atoms with Crippen LogP contribution >= 0.6 is 11.3 Å². The molecule has 0 saturated heterocycles. The van der Waals surface area contributed by atoms with Gasteiger partial charge in [-0.05, 0) is 6.08 Å². The Labute approximate surface area is 96.6 Å². The van der Waals surface area contributed by atoms with E-state index in [2.05, 4.69) is 10.2 Å². The van der Waals surface area contributed by atoms with Gasteiger partial charge in [-0.3, -0.25) is 0 Å². The predicted octanol–water partition coefficient (Wildman–Crippen LogP) is -0.580. The fourth-order valence-corrected chi connectivity index (χ4v) is 3.85. The van der Waals surface area contributed by atoms with Crippen LogP contribution in [0, 0.1) is 0 Å². The van der Waals surface area contributed by atoms with Crippen molar-refractivity contribution < 1.29 is 8.42 Å². The highest BCUT2D eigenvalue weighted by Gasteiger charge is 2.45. The van der Waals surface area contributed by atoms with Crippen molar-refractivity contribution in [2.75, 3.05) is 0 Å². The monoisotopic (exact) mass is 258 g/mol. The maximum absolute atomic E-state index is 12.2. The predicted molar refractivity (Wildman–Crippen MR) is 60.3 cm³/mol. The molecular formula is C8H10N4O2S2. The zero-order valence-corrected chi connectivity index (χ0v) is 9.78. The molecule has 6 nitrogen and oxygen atoms in total. The summed E-state index contributed by atoms with van der Waals surface area (Å²) < 4.78 is 24.3. The molecule has 1 aliphatic carbocycles. The molecular weight excluding hydrogens is 248 g/mol. The number of rotatable bonds is 2. The van der Waals surface area contributed by atoms with Crippen molar-refractivity contribution >= 4 is 21.2 Å². The zero-order chi connectivity index (χ0) is 11.8. The average Bonchev–Trinajstić information content (AvgIpc) is 2.76. The van der Waals surface area contributed by atoms with E-state index in [-0.39, 0.29) is 4.34 Å². The van der Waals surface area contributed by atoms with E-state index in [1.54, 1.807) is 18.2 Å². The molecule has 0 radical (unpaired) electrons. The molecule has 0 aliphatic heterocycles. The lowest BCUT2D eigenvalue weighted by molar-refractivity contribution is 0.530. The third-order valence-electron chi connectivity index (χ3n) is 2.34. The minimum absolute atomic E-state index is 0.120. The largest absolute Gasteiger partial charge is 0.322 e. The molecule has 0 aromatic carbocycles. The number of hydrogen-bond acceptors (Lipinski definition) is 7. The second kappa shape index (κ2) is 3.74. The summed E-state index contributed by atoms with van der Waals surface area (Å²) in [5, 5.41) is 7.02. The van der Waals surface area contributed by atoms with Crippen LogP contribution in [0.5, 0.6) is 0 Å². The SMILES string of the molecule is NC1C=CC=CC1(N)S(=O)(=O)c1nncs1. The van der Waals surface area contributed by atoms with Crippen LogP contribution in [0.1, 0.15) is 0 Å². The number of hydrogen-bond donors (Lipinski definition) is 2. The van der Waals surface area contributed by atoms with Crippen molar-refractivity contribution in [1.29, 1.82) is 0 Å². The highest BCUT2D eigenvalue weighted by molar-refractivity contribution is 7.94. The molecule has 86 valence electrons. The molecule has 0 bridgehead atoms. The Morgan fingerprint density at radius 3 is 2.75 bits per heavy atom. The molecule has 2 rings (SSSR count). The van der Waals surface area contributed by atoms with Gasteiger partial charge in [0, 0.05) is 0 Å². The van der Waals surface area contributed by atoms with Gasteiger partial charge in [0.05, 0.1) is 6.04 Å². The summed E-state index contributed by atoms with van der Waals surface area (Å²) in [5.41, 5.74) is 12.9. The van der Waals surface area contributed by atoms with E-state index in [0.29, 0.717) is 0 Å². The van der Waals surface area contributed by atoms with Crippen LogP contribution in [0.15, 0.2) is 34.2 Å². The average molecular weight is 258 g/mol. The van der Waals surface area contributed by atoms with Gasteiger partial charge in [0.25, 0.3) is 0 Å². The van der Waals surface area contributed by atoms with Crippen LogP contribution in [-0.4, -0.2) is 29.5 Å². The fourth-order valence-electron chi connectivity index (χ4n) is 1.35. The number of allylic oxidation sites excluding steroid dienone is 2. The van der Waals surface area contributed by atoms with Crippen molar-refractivity contribution in [2.24, 2.45) is 11.5 Å². The summed E-state index contributed by atoms with van der Waals surface area (Å²) in [4.78, 5) is -1.65. The van der Waals surface area contributed by atoms with Gasteiger partial charge >= 0.3 is 0 Å². The topological polar surface area (TPSA) is 112 Å². The molecule has 16 heavy (non-hydrogen) atoms. The van der Waals surface area contributed by atoms with Gasteiger partial charge in [0.2, 0.25) is 14.2 Å². The molecule has 1 aromatic rings. The molecule has 1 aliphatic rings. The van der Waals surface area contributed by atoms with Crippen molar-refractivity contribution in [3.8, 4) is 0 Å². The van der Waals surface area contributed by atoms with E-state index in [1.807, 2.05) is 0 Å². The molecule has 4 N–H and O–H groups in total. The fraction of sp³-hybridized carbons (Fsp3) is 0.250. The summed E-state index contributed by atoms with van der Waals surface area (Å²) in [6.45, 7) is 0. The molecule has 0 fully saturated rings.